The molecule has 1 aliphatic rings. The summed E-state index contributed by atoms with van der Waals surface area (Å²) in [5, 5.41) is 13.1. The summed E-state index contributed by atoms with van der Waals surface area (Å²) in [6.45, 7) is 2.58. The second-order valence-corrected chi connectivity index (χ2v) is 9.67. The first-order valence-corrected chi connectivity index (χ1v) is 12.0. The van der Waals surface area contributed by atoms with Crippen LogP contribution in [0.5, 0.6) is 0 Å². The topological polar surface area (TPSA) is 61.9 Å². The third-order valence-corrected chi connectivity index (χ3v) is 7.18. The average molecular weight is 539 g/mol. The van der Waals surface area contributed by atoms with Gasteiger partial charge >= 0.3 is 12.4 Å². The van der Waals surface area contributed by atoms with Gasteiger partial charge in [0.15, 0.2) is 5.69 Å². The number of aryl methyl sites for hydroxylation is 1. The van der Waals surface area contributed by atoms with Gasteiger partial charge in [-0.2, -0.15) is 36.7 Å². The van der Waals surface area contributed by atoms with Gasteiger partial charge in [-0.3, -0.25) is 9.48 Å². The molecule has 194 valence electrons. The summed E-state index contributed by atoms with van der Waals surface area (Å²) in [5.74, 6) is -1.54. The number of benzene rings is 1. The quantitative estimate of drug-likeness (QED) is 0.281. The van der Waals surface area contributed by atoms with E-state index in [0.717, 1.165) is 18.3 Å². The molecule has 1 atom stereocenters. The molecule has 3 heterocycles. The van der Waals surface area contributed by atoms with E-state index in [1.807, 2.05) is 6.07 Å². The van der Waals surface area contributed by atoms with Crippen molar-refractivity contribution in [1.29, 1.82) is 5.26 Å². The molecule has 0 aliphatic carbocycles. The Morgan fingerprint density at radius 2 is 1.89 bits per heavy atom. The number of hydrogen-bond acceptors (Lipinski definition) is 4. The maximum atomic E-state index is 13.9. The first-order valence-electron chi connectivity index (χ1n) is 11.1. The molecule has 2 aromatic heterocycles. The van der Waals surface area contributed by atoms with Crippen LogP contribution in [0.1, 0.15) is 46.3 Å². The van der Waals surface area contributed by atoms with E-state index in [2.05, 4.69) is 5.10 Å². The maximum Gasteiger partial charge on any atom is 0.435 e. The normalized spacial score (nSPS) is 16.5. The number of nitriles is 1. The van der Waals surface area contributed by atoms with E-state index in [1.54, 1.807) is 31.2 Å². The predicted molar refractivity (Wildman–Crippen MR) is 124 cm³/mol. The lowest BCUT2D eigenvalue weighted by Gasteiger charge is -2.33. The van der Waals surface area contributed by atoms with Crippen LogP contribution in [0.25, 0.3) is 11.1 Å². The molecule has 0 radical (unpaired) electrons. The number of alkyl halides is 6. The standard InChI is InChI=1S/C25H20F6N4OS/c1-3-35-12-20(23(33-35)25(29,30)31)17-7-5-4-6-16(17)19-11-34(22(36)8-14(2)24(26,27)28)13-21-18(19)9-15(10-32)37-21/h4-9,12,19H,3,11,13H2,1-2H3/b14-8-. The summed E-state index contributed by atoms with van der Waals surface area (Å²) < 4.78 is 81.9. The number of fused-ring (bicyclic) bond motifs is 1. The van der Waals surface area contributed by atoms with Crippen LogP contribution < -0.4 is 0 Å². The molecular weight excluding hydrogens is 518 g/mol. The van der Waals surface area contributed by atoms with E-state index in [4.69, 9.17) is 0 Å². The summed E-state index contributed by atoms with van der Waals surface area (Å²) in [6, 6.07) is 10.0. The number of amides is 1. The lowest BCUT2D eigenvalue weighted by atomic mass is 9.83. The van der Waals surface area contributed by atoms with Crippen molar-refractivity contribution in [3.63, 3.8) is 0 Å². The molecule has 5 nitrogen and oxygen atoms in total. The Morgan fingerprint density at radius 3 is 2.51 bits per heavy atom. The Morgan fingerprint density at radius 1 is 1.19 bits per heavy atom. The van der Waals surface area contributed by atoms with E-state index >= 15 is 0 Å². The van der Waals surface area contributed by atoms with Crippen molar-refractivity contribution >= 4 is 17.2 Å². The molecule has 0 spiro atoms. The molecule has 1 unspecified atom stereocenters. The predicted octanol–water partition coefficient (Wildman–Crippen LogP) is 6.50. The van der Waals surface area contributed by atoms with Crippen LogP contribution in [-0.2, 0) is 24.1 Å². The second-order valence-electron chi connectivity index (χ2n) is 8.53. The fraction of sp³-hybridized carbons (Fsp3) is 0.320. The number of halogens is 6. The smallest absolute Gasteiger partial charge is 0.333 e. The number of rotatable bonds is 4. The van der Waals surface area contributed by atoms with E-state index in [0.29, 0.717) is 27.0 Å². The van der Waals surface area contributed by atoms with Crippen molar-refractivity contribution in [3.05, 3.63) is 74.8 Å². The number of allylic oxidation sites excluding steroid dienone is 1. The van der Waals surface area contributed by atoms with Crippen LogP contribution in [0.3, 0.4) is 0 Å². The first kappa shape index (κ1) is 26.5. The Bertz CT molecular complexity index is 1410. The Hall–Kier alpha value is -3.59. The molecule has 0 saturated heterocycles. The highest BCUT2D eigenvalue weighted by Crippen LogP contribution is 2.44. The summed E-state index contributed by atoms with van der Waals surface area (Å²) in [5.41, 5.74) is -0.916. The molecule has 1 aliphatic heterocycles. The molecule has 3 aromatic rings. The number of carbonyl (C=O) groups is 1. The highest BCUT2D eigenvalue weighted by Gasteiger charge is 2.39. The van der Waals surface area contributed by atoms with Gasteiger partial charge in [-0.05, 0) is 36.6 Å². The number of thiophene rings is 1. The molecule has 1 aromatic carbocycles. The number of carbonyl (C=O) groups excluding carboxylic acids is 1. The van der Waals surface area contributed by atoms with E-state index in [9.17, 15) is 36.4 Å². The lowest BCUT2D eigenvalue weighted by molar-refractivity contribution is -0.141. The summed E-state index contributed by atoms with van der Waals surface area (Å²) >= 11 is 1.10. The number of nitrogens with zero attached hydrogens (tertiary/aromatic N) is 4. The SMILES string of the molecule is CCn1cc(-c2ccccc2C2CN(C(=O)/C=C(/C)C(F)(F)F)Cc3sc(C#N)cc32)c(C(F)(F)F)n1. The Kier molecular flexibility index (Phi) is 6.94. The van der Waals surface area contributed by atoms with Gasteiger partial charge in [0.25, 0.3) is 0 Å². The van der Waals surface area contributed by atoms with Crippen molar-refractivity contribution in [2.75, 3.05) is 6.54 Å². The molecule has 0 saturated carbocycles. The summed E-state index contributed by atoms with van der Waals surface area (Å²) in [6.07, 6.45) is -7.58. The number of aromatic nitrogens is 2. The molecule has 0 fully saturated rings. The van der Waals surface area contributed by atoms with E-state index < -0.39 is 35.4 Å². The van der Waals surface area contributed by atoms with Gasteiger partial charge in [-0.15, -0.1) is 11.3 Å². The van der Waals surface area contributed by atoms with Crippen LogP contribution in [0.2, 0.25) is 0 Å². The fourth-order valence-electron chi connectivity index (χ4n) is 4.30. The molecule has 12 heteroatoms. The van der Waals surface area contributed by atoms with Gasteiger partial charge in [0.2, 0.25) is 5.91 Å². The van der Waals surface area contributed by atoms with Crippen molar-refractivity contribution in [2.45, 2.75) is 45.2 Å². The van der Waals surface area contributed by atoms with Gasteiger partial charge in [0, 0.05) is 47.3 Å². The van der Waals surface area contributed by atoms with E-state index in [1.165, 1.54) is 21.8 Å². The first-order chi connectivity index (χ1) is 17.3. The van der Waals surface area contributed by atoms with Crippen molar-refractivity contribution in [1.82, 2.24) is 14.7 Å². The van der Waals surface area contributed by atoms with Crippen molar-refractivity contribution < 1.29 is 31.1 Å². The molecule has 0 bridgehead atoms. The molecule has 37 heavy (non-hydrogen) atoms. The largest absolute Gasteiger partial charge is 0.435 e. The van der Waals surface area contributed by atoms with Crippen LogP contribution in [0, 0.1) is 11.3 Å². The van der Waals surface area contributed by atoms with Crippen LogP contribution in [-0.4, -0.2) is 33.3 Å². The summed E-state index contributed by atoms with van der Waals surface area (Å²) in [7, 11) is 0. The minimum Gasteiger partial charge on any atom is -0.333 e. The highest BCUT2D eigenvalue weighted by atomic mass is 32.1. The highest BCUT2D eigenvalue weighted by molar-refractivity contribution is 7.12. The van der Waals surface area contributed by atoms with Crippen molar-refractivity contribution in [2.24, 2.45) is 0 Å². The molecular formula is C25H20F6N4OS. The second kappa shape index (κ2) is 9.70. The number of hydrogen-bond donors (Lipinski definition) is 0. The Balaban J connectivity index is 1.85. The Labute approximate surface area is 212 Å². The van der Waals surface area contributed by atoms with Crippen LogP contribution in [0.4, 0.5) is 26.3 Å². The zero-order valence-corrected chi connectivity index (χ0v) is 20.4. The van der Waals surface area contributed by atoms with Crippen LogP contribution >= 0.6 is 11.3 Å². The zero-order valence-electron chi connectivity index (χ0n) is 19.6. The third kappa shape index (κ3) is 5.27. The minimum atomic E-state index is -4.72. The maximum absolute atomic E-state index is 13.9. The molecule has 1 amide bonds. The van der Waals surface area contributed by atoms with Gasteiger partial charge in [-0.1, -0.05) is 24.3 Å². The van der Waals surface area contributed by atoms with Gasteiger partial charge in [0.05, 0.1) is 6.54 Å². The monoisotopic (exact) mass is 538 g/mol. The van der Waals surface area contributed by atoms with Gasteiger partial charge in [0.1, 0.15) is 10.9 Å². The average Bonchev–Trinajstić information content (AvgIpc) is 3.47. The molecule has 0 N–H and O–H groups in total. The third-order valence-electron chi connectivity index (χ3n) is 6.14. The fourth-order valence-corrected chi connectivity index (χ4v) is 5.34. The minimum absolute atomic E-state index is 0.0115. The van der Waals surface area contributed by atoms with Crippen LogP contribution in [0.15, 0.2) is 48.2 Å². The molecule has 4 rings (SSSR count). The zero-order chi connectivity index (χ0) is 27.1. The van der Waals surface area contributed by atoms with Crippen molar-refractivity contribution in [3.8, 4) is 17.2 Å². The van der Waals surface area contributed by atoms with Gasteiger partial charge < -0.3 is 4.90 Å². The van der Waals surface area contributed by atoms with E-state index in [-0.39, 0.29) is 30.8 Å². The summed E-state index contributed by atoms with van der Waals surface area (Å²) in [4.78, 5) is 15.0. The van der Waals surface area contributed by atoms with Gasteiger partial charge in [-0.25, -0.2) is 0 Å². The lowest BCUT2D eigenvalue weighted by Crippen LogP contribution is -2.37.